The van der Waals surface area contributed by atoms with Crippen molar-refractivity contribution in [3.8, 4) is 11.5 Å². The fourth-order valence-corrected chi connectivity index (χ4v) is 2.74. The highest BCUT2D eigenvalue weighted by molar-refractivity contribution is 6.07. The lowest BCUT2D eigenvalue weighted by molar-refractivity contribution is 0.0952. The molecule has 0 spiro atoms. The maximum Gasteiger partial charge on any atom is 0.253 e. The number of carbonyl (C=O) groups is 1. The van der Waals surface area contributed by atoms with Crippen LogP contribution in [0, 0.1) is 6.92 Å². The first-order chi connectivity index (χ1) is 11.6. The predicted octanol–water partition coefficient (Wildman–Crippen LogP) is 3.42. The molecule has 5 heteroatoms. The summed E-state index contributed by atoms with van der Waals surface area (Å²) in [5.41, 5.74) is 3.65. The number of aromatic amines is 1. The summed E-state index contributed by atoms with van der Waals surface area (Å²) in [5.74, 6) is 1.09. The van der Waals surface area contributed by atoms with Crippen molar-refractivity contribution >= 4 is 16.8 Å². The molecule has 1 aromatic heterocycles. The molecule has 3 rings (SSSR count). The van der Waals surface area contributed by atoms with Crippen LogP contribution < -0.4 is 14.8 Å². The van der Waals surface area contributed by atoms with Crippen LogP contribution in [0.25, 0.3) is 10.9 Å². The molecule has 0 saturated carbocycles. The first-order valence-corrected chi connectivity index (χ1v) is 7.69. The van der Waals surface area contributed by atoms with Crippen LogP contribution in [0.15, 0.2) is 42.6 Å². The highest BCUT2D eigenvalue weighted by Crippen LogP contribution is 2.33. The Bertz CT molecular complexity index is 883. The lowest BCUT2D eigenvalue weighted by Crippen LogP contribution is -2.22. The largest absolute Gasteiger partial charge is 0.493 e. The third-order valence-corrected chi connectivity index (χ3v) is 3.97. The third kappa shape index (κ3) is 3.06. The van der Waals surface area contributed by atoms with E-state index in [1.807, 2.05) is 37.3 Å². The molecule has 2 N–H and O–H groups in total. The quantitative estimate of drug-likeness (QED) is 0.756. The summed E-state index contributed by atoms with van der Waals surface area (Å²) in [6.07, 6.45) is 1.70. The number of carbonyl (C=O) groups excluding carboxylic acids is 1. The molecular formula is C19H20N2O3. The normalized spacial score (nSPS) is 10.6. The zero-order valence-corrected chi connectivity index (χ0v) is 14.0. The van der Waals surface area contributed by atoms with Crippen LogP contribution in [-0.2, 0) is 6.54 Å². The molecule has 0 aliphatic rings. The van der Waals surface area contributed by atoms with Crippen LogP contribution >= 0.6 is 0 Å². The summed E-state index contributed by atoms with van der Waals surface area (Å²) in [6.45, 7) is 2.52. The maximum atomic E-state index is 12.5. The second-order valence-corrected chi connectivity index (χ2v) is 5.63. The Morgan fingerprint density at radius 2 is 1.88 bits per heavy atom. The van der Waals surface area contributed by atoms with Crippen LogP contribution in [0.5, 0.6) is 11.5 Å². The number of nitrogens with one attached hydrogen (secondary N) is 2. The van der Waals surface area contributed by atoms with Crippen LogP contribution in [0.3, 0.4) is 0 Å². The van der Waals surface area contributed by atoms with Crippen LogP contribution in [0.1, 0.15) is 21.5 Å². The Balaban J connectivity index is 1.84. The topological polar surface area (TPSA) is 63.4 Å². The number of amides is 1. The Kier molecular flexibility index (Phi) is 4.42. The molecule has 0 aliphatic carbocycles. The number of hydrogen-bond acceptors (Lipinski definition) is 3. The number of H-pyrrole nitrogens is 1. The summed E-state index contributed by atoms with van der Waals surface area (Å²) >= 11 is 0. The molecule has 5 nitrogen and oxygen atoms in total. The fraction of sp³-hybridized carbons (Fsp3) is 0.211. The van der Waals surface area contributed by atoms with Crippen molar-refractivity contribution in [2.24, 2.45) is 0 Å². The van der Waals surface area contributed by atoms with Gasteiger partial charge in [0.1, 0.15) is 0 Å². The molecule has 1 amide bonds. The van der Waals surface area contributed by atoms with E-state index in [1.165, 1.54) is 5.56 Å². The van der Waals surface area contributed by atoms with Crippen molar-refractivity contribution < 1.29 is 14.3 Å². The van der Waals surface area contributed by atoms with Crippen LogP contribution in [0.2, 0.25) is 0 Å². The molecule has 3 aromatic rings. The first kappa shape index (κ1) is 15.9. The predicted molar refractivity (Wildman–Crippen MR) is 93.8 cm³/mol. The van der Waals surface area contributed by atoms with Gasteiger partial charge in [-0.25, -0.2) is 0 Å². The minimum atomic E-state index is -0.130. The molecule has 0 atom stereocenters. The standard InChI is InChI=1S/C19H20N2O3/c1-12-5-4-6-13(7-12)10-21-19(22)15-11-20-16-9-18(24-3)17(23-2)8-14(15)16/h4-9,11,20H,10H2,1-3H3,(H,21,22). The number of methoxy groups -OCH3 is 2. The van der Waals surface area contributed by atoms with E-state index < -0.39 is 0 Å². The Morgan fingerprint density at radius 1 is 1.12 bits per heavy atom. The summed E-state index contributed by atoms with van der Waals surface area (Å²) in [5, 5.41) is 3.76. The van der Waals surface area contributed by atoms with Crippen molar-refractivity contribution in [2.45, 2.75) is 13.5 Å². The van der Waals surface area contributed by atoms with Gasteiger partial charge in [-0.15, -0.1) is 0 Å². The number of hydrogen-bond donors (Lipinski definition) is 2. The molecule has 2 aromatic carbocycles. The van der Waals surface area contributed by atoms with Gasteiger partial charge in [0.05, 0.1) is 25.3 Å². The second-order valence-electron chi connectivity index (χ2n) is 5.63. The van der Waals surface area contributed by atoms with Crippen molar-refractivity contribution in [3.63, 3.8) is 0 Å². The SMILES string of the molecule is COc1cc2[nH]cc(C(=O)NCc3cccc(C)c3)c2cc1OC. The maximum absolute atomic E-state index is 12.5. The number of aryl methyl sites for hydroxylation is 1. The second kappa shape index (κ2) is 6.66. The van der Waals surface area contributed by atoms with Gasteiger partial charge in [-0.3, -0.25) is 4.79 Å². The van der Waals surface area contributed by atoms with Gasteiger partial charge >= 0.3 is 0 Å². The van der Waals surface area contributed by atoms with E-state index in [1.54, 1.807) is 20.4 Å². The highest BCUT2D eigenvalue weighted by atomic mass is 16.5. The van der Waals surface area contributed by atoms with Gasteiger partial charge in [0.25, 0.3) is 5.91 Å². The average molecular weight is 324 g/mol. The number of rotatable bonds is 5. The van der Waals surface area contributed by atoms with Crippen molar-refractivity contribution in [3.05, 3.63) is 59.3 Å². The molecule has 0 bridgehead atoms. The number of aromatic nitrogens is 1. The van der Waals surface area contributed by atoms with E-state index in [2.05, 4.69) is 16.4 Å². The summed E-state index contributed by atoms with van der Waals surface area (Å²) in [4.78, 5) is 15.6. The Labute approximate surface area is 140 Å². The van der Waals surface area contributed by atoms with E-state index in [4.69, 9.17) is 9.47 Å². The van der Waals surface area contributed by atoms with E-state index >= 15 is 0 Å². The molecule has 0 fully saturated rings. The molecule has 0 unspecified atom stereocenters. The lowest BCUT2D eigenvalue weighted by Gasteiger charge is -2.08. The Hall–Kier alpha value is -2.95. The molecular weight excluding hydrogens is 304 g/mol. The van der Waals surface area contributed by atoms with E-state index in [9.17, 15) is 4.79 Å². The highest BCUT2D eigenvalue weighted by Gasteiger charge is 2.15. The molecule has 0 aliphatic heterocycles. The van der Waals surface area contributed by atoms with Gasteiger partial charge in [-0.2, -0.15) is 0 Å². The molecule has 124 valence electrons. The summed E-state index contributed by atoms with van der Waals surface area (Å²) in [7, 11) is 3.16. The van der Waals surface area contributed by atoms with Gasteiger partial charge in [0.2, 0.25) is 0 Å². The van der Waals surface area contributed by atoms with Crippen LogP contribution in [0.4, 0.5) is 0 Å². The molecule has 0 radical (unpaired) electrons. The van der Waals surface area contributed by atoms with Gasteiger partial charge in [-0.05, 0) is 18.6 Å². The first-order valence-electron chi connectivity index (χ1n) is 7.69. The van der Waals surface area contributed by atoms with Crippen molar-refractivity contribution in [1.82, 2.24) is 10.3 Å². The van der Waals surface area contributed by atoms with E-state index in [0.29, 0.717) is 23.6 Å². The zero-order valence-electron chi connectivity index (χ0n) is 14.0. The molecule has 0 saturated heterocycles. The fourth-order valence-electron chi connectivity index (χ4n) is 2.74. The smallest absolute Gasteiger partial charge is 0.253 e. The van der Waals surface area contributed by atoms with Crippen LogP contribution in [-0.4, -0.2) is 25.1 Å². The lowest BCUT2D eigenvalue weighted by atomic mass is 10.1. The van der Waals surface area contributed by atoms with Gasteiger partial charge < -0.3 is 19.8 Å². The number of benzene rings is 2. The van der Waals surface area contributed by atoms with Crippen molar-refractivity contribution in [2.75, 3.05) is 14.2 Å². The monoisotopic (exact) mass is 324 g/mol. The van der Waals surface area contributed by atoms with E-state index in [0.717, 1.165) is 16.5 Å². The van der Waals surface area contributed by atoms with Crippen molar-refractivity contribution in [1.29, 1.82) is 0 Å². The summed E-state index contributed by atoms with van der Waals surface area (Å²) in [6, 6.07) is 11.7. The van der Waals surface area contributed by atoms with E-state index in [-0.39, 0.29) is 5.91 Å². The molecule has 1 heterocycles. The minimum Gasteiger partial charge on any atom is -0.493 e. The average Bonchev–Trinajstić information content (AvgIpc) is 3.01. The number of fused-ring (bicyclic) bond motifs is 1. The zero-order chi connectivity index (χ0) is 17.1. The molecule has 24 heavy (non-hydrogen) atoms. The van der Waals surface area contributed by atoms with Gasteiger partial charge in [-0.1, -0.05) is 29.8 Å². The Morgan fingerprint density at radius 3 is 2.58 bits per heavy atom. The van der Waals surface area contributed by atoms with Gasteiger partial charge in [0, 0.05) is 24.2 Å². The third-order valence-electron chi connectivity index (χ3n) is 3.97. The summed E-state index contributed by atoms with van der Waals surface area (Å²) < 4.78 is 10.6. The number of ether oxygens (including phenoxy) is 2. The minimum absolute atomic E-state index is 0.130. The van der Waals surface area contributed by atoms with Gasteiger partial charge in [0.15, 0.2) is 11.5 Å².